The van der Waals surface area contributed by atoms with Gasteiger partial charge in [-0.15, -0.1) is 0 Å². The lowest BCUT2D eigenvalue weighted by molar-refractivity contribution is 0.346. The van der Waals surface area contributed by atoms with Crippen LogP contribution in [0, 0.1) is 18.6 Å². The van der Waals surface area contributed by atoms with Crippen molar-refractivity contribution in [1.82, 2.24) is 9.97 Å². The Labute approximate surface area is 188 Å². The van der Waals surface area contributed by atoms with Crippen molar-refractivity contribution in [3.63, 3.8) is 0 Å². The minimum atomic E-state index is -0.762. The average molecular weight is 447 g/mol. The van der Waals surface area contributed by atoms with E-state index in [2.05, 4.69) is 25.6 Å². The third-order valence-electron chi connectivity index (χ3n) is 5.02. The van der Waals surface area contributed by atoms with E-state index < -0.39 is 11.6 Å². The van der Waals surface area contributed by atoms with E-state index in [-0.39, 0.29) is 5.75 Å². The third-order valence-corrected chi connectivity index (χ3v) is 5.02. The zero-order valence-corrected chi connectivity index (χ0v) is 17.6. The van der Waals surface area contributed by atoms with Gasteiger partial charge in [-0.25, -0.2) is 23.7 Å². The number of amidine groups is 1. The number of aromatic nitrogens is 2. The van der Waals surface area contributed by atoms with Crippen molar-refractivity contribution in [2.24, 2.45) is 4.99 Å². The Morgan fingerprint density at radius 2 is 1.73 bits per heavy atom. The van der Waals surface area contributed by atoms with Gasteiger partial charge in [0.15, 0.2) is 11.6 Å². The maximum Gasteiger partial charge on any atom is 0.289 e. The molecule has 2 N–H and O–H groups in total. The zero-order chi connectivity index (χ0) is 22.8. The van der Waals surface area contributed by atoms with Crippen LogP contribution in [0.5, 0.6) is 11.5 Å². The Bertz CT molecular complexity index is 1380. The SMILES string of the molecule is Cc1cc(Nc2ncnc3ccc(NC4=NCCO4)cc23)ccc1Oc1ccc(F)cc1F. The molecule has 0 saturated heterocycles. The smallest absolute Gasteiger partial charge is 0.289 e. The van der Waals surface area contributed by atoms with Crippen LogP contribution in [0.4, 0.5) is 26.0 Å². The first-order valence-corrected chi connectivity index (χ1v) is 10.2. The molecule has 3 aromatic carbocycles. The lowest BCUT2D eigenvalue weighted by atomic mass is 10.1. The van der Waals surface area contributed by atoms with Crippen LogP contribution < -0.4 is 15.4 Å². The number of halogens is 2. The molecule has 0 saturated carbocycles. The fraction of sp³-hybridized carbons (Fsp3) is 0.125. The molecule has 0 amide bonds. The summed E-state index contributed by atoms with van der Waals surface area (Å²) < 4.78 is 38.1. The van der Waals surface area contributed by atoms with Gasteiger partial charge in [0.25, 0.3) is 6.02 Å². The normalized spacial score (nSPS) is 12.9. The van der Waals surface area contributed by atoms with Crippen LogP contribution in [0.1, 0.15) is 5.56 Å². The zero-order valence-electron chi connectivity index (χ0n) is 17.6. The largest absolute Gasteiger partial charge is 0.463 e. The van der Waals surface area contributed by atoms with Crippen molar-refractivity contribution in [1.29, 1.82) is 0 Å². The molecule has 9 heteroatoms. The molecule has 0 bridgehead atoms. The highest BCUT2D eigenvalue weighted by Gasteiger charge is 2.12. The van der Waals surface area contributed by atoms with E-state index in [1.54, 1.807) is 12.1 Å². The Kier molecular flexibility index (Phi) is 5.43. The van der Waals surface area contributed by atoms with E-state index in [1.165, 1.54) is 12.4 Å². The van der Waals surface area contributed by atoms with Crippen LogP contribution in [-0.2, 0) is 4.74 Å². The van der Waals surface area contributed by atoms with Crippen LogP contribution in [-0.4, -0.2) is 29.1 Å². The van der Waals surface area contributed by atoms with Gasteiger partial charge in [-0.3, -0.25) is 0 Å². The quantitative estimate of drug-likeness (QED) is 0.418. The monoisotopic (exact) mass is 447 g/mol. The summed E-state index contributed by atoms with van der Waals surface area (Å²) in [5.41, 5.74) is 3.11. The molecule has 7 nitrogen and oxygen atoms in total. The Hall–Kier alpha value is -4.27. The first-order valence-electron chi connectivity index (χ1n) is 10.2. The number of aryl methyl sites for hydroxylation is 1. The number of benzene rings is 3. The van der Waals surface area contributed by atoms with Crippen molar-refractivity contribution in [2.45, 2.75) is 6.92 Å². The lowest BCUT2D eigenvalue weighted by Crippen LogP contribution is -2.11. The highest BCUT2D eigenvalue weighted by Crippen LogP contribution is 2.31. The molecular weight excluding hydrogens is 428 g/mol. The fourth-order valence-electron chi connectivity index (χ4n) is 3.42. The number of fused-ring (bicyclic) bond motifs is 1. The van der Waals surface area contributed by atoms with Crippen molar-refractivity contribution < 1.29 is 18.3 Å². The predicted molar refractivity (Wildman–Crippen MR) is 122 cm³/mol. The maximum absolute atomic E-state index is 13.9. The van der Waals surface area contributed by atoms with Gasteiger partial charge in [0.05, 0.1) is 12.1 Å². The van der Waals surface area contributed by atoms with Crippen LogP contribution >= 0.6 is 0 Å². The van der Waals surface area contributed by atoms with Gasteiger partial charge < -0.3 is 20.1 Å². The molecule has 1 aliphatic rings. The van der Waals surface area contributed by atoms with Gasteiger partial charge in [0, 0.05) is 22.8 Å². The van der Waals surface area contributed by atoms with Gasteiger partial charge in [0.1, 0.15) is 30.3 Å². The Morgan fingerprint density at radius 1 is 0.909 bits per heavy atom. The second kappa shape index (κ2) is 8.70. The number of hydrogen-bond donors (Lipinski definition) is 2. The Morgan fingerprint density at radius 3 is 2.52 bits per heavy atom. The topological polar surface area (TPSA) is 80.7 Å². The van der Waals surface area contributed by atoms with Crippen LogP contribution in [0.15, 0.2) is 65.9 Å². The summed E-state index contributed by atoms with van der Waals surface area (Å²) in [5, 5.41) is 7.26. The highest BCUT2D eigenvalue weighted by atomic mass is 19.1. The molecule has 0 radical (unpaired) electrons. The molecule has 33 heavy (non-hydrogen) atoms. The maximum atomic E-state index is 13.9. The number of anilines is 3. The van der Waals surface area contributed by atoms with Crippen molar-refractivity contribution in [2.75, 3.05) is 23.8 Å². The predicted octanol–water partition coefficient (Wildman–Crippen LogP) is 5.55. The number of aliphatic imine (C=N–C) groups is 1. The summed E-state index contributed by atoms with van der Waals surface area (Å²) in [6, 6.07) is 14.8. The lowest BCUT2D eigenvalue weighted by Gasteiger charge is -2.13. The van der Waals surface area contributed by atoms with E-state index in [9.17, 15) is 8.78 Å². The number of ether oxygens (including phenoxy) is 2. The van der Waals surface area contributed by atoms with Crippen LogP contribution in [0.25, 0.3) is 10.9 Å². The van der Waals surface area contributed by atoms with Gasteiger partial charge in [-0.1, -0.05) is 0 Å². The van der Waals surface area contributed by atoms with Gasteiger partial charge in [0.2, 0.25) is 0 Å². The Balaban J connectivity index is 1.39. The van der Waals surface area contributed by atoms with E-state index in [0.717, 1.165) is 40.0 Å². The molecule has 0 fully saturated rings. The molecule has 2 heterocycles. The second-order valence-corrected chi connectivity index (χ2v) is 7.40. The fourth-order valence-corrected chi connectivity index (χ4v) is 3.42. The highest BCUT2D eigenvalue weighted by molar-refractivity contribution is 5.97. The van der Waals surface area contributed by atoms with Crippen molar-refractivity contribution >= 4 is 34.1 Å². The second-order valence-electron chi connectivity index (χ2n) is 7.40. The molecule has 5 rings (SSSR count). The first kappa shape index (κ1) is 20.6. The molecule has 1 aliphatic heterocycles. The van der Waals surface area contributed by atoms with Crippen molar-refractivity contribution in [3.05, 3.63) is 78.1 Å². The number of nitrogens with one attached hydrogen (secondary N) is 2. The average Bonchev–Trinajstić information content (AvgIpc) is 3.31. The van der Waals surface area contributed by atoms with Crippen LogP contribution in [0.2, 0.25) is 0 Å². The number of nitrogens with zero attached hydrogens (tertiary/aromatic N) is 3. The summed E-state index contributed by atoms with van der Waals surface area (Å²) in [5.74, 6) is -0.381. The minimum absolute atomic E-state index is 0.0436. The summed E-state index contributed by atoms with van der Waals surface area (Å²) in [6.45, 7) is 3.04. The molecule has 0 atom stereocenters. The summed E-state index contributed by atoms with van der Waals surface area (Å²) in [6.07, 6.45) is 1.49. The van der Waals surface area contributed by atoms with E-state index in [0.29, 0.717) is 30.7 Å². The summed E-state index contributed by atoms with van der Waals surface area (Å²) >= 11 is 0. The standard InChI is InChI=1S/C24H19F2N5O2/c1-14-10-16(4-7-21(14)33-22-6-2-15(25)11-19(22)26)30-23-18-12-17(31-24-27-8-9-32-24)3-5-20(18)28-13-29-23/h2-7,10-13H,8-9H2,1H3,(H,27,31)(H,28,29,30). The molecule has 4 aromatic rings. The third kappa shape index (κ3) is 4.52. The molecule has 1 aromatic heterocycles. The van der Waals surface area contributed by atoms with Gasteiger partial charge in [-0.05, 0) is 61.0 Å². The van der Waals surface area contributed by atoms with Crippen molar-refractivity contribution in [3.8, 4) is 11.5 Å². The molecular formula is C24H19F2N5O2. The summed E-state index contributed by atoms with van der Waals surface area (Å²) in [4.78, 5) is 13.0. The summed E-state index contributed by atoms with van der Waals surface area (Å²) in [7, 11) is 0. The van der Waals surface area contributed by atoms with E-state index in [4.69, 9.17) is 9.47 Å². The van der Waals surface area contributed by atoms with E-state index in [1.807, 2.05) is 31.2 Å². The number of rotatable bonds is 5. The first-order chi connectivity index (χ1) is 16.0. The molecule has 0 spiro atoms. The molecule has 0 unspecified atom stereocenters. The molecule has 0 aliphatic carbocycles. The van der Waals surface area contributed by atoms with E-state index >= 15 is 0 Å². The number of hydrogen-bond acceptors (Lipinski definition) is 7. The minimum Gasteiger partial charge on any atom is -0.463 e. The van der Waals surface area contributed by atoms with Gasteiger partial charge in [-0.2, -0.15) is 0 Å². The molecule has 166 valence electrons. The van der Waals surface area contributed by atoms with Gasteiger partial charge >= 0.3 is 0 Å². The van der Waals surface area contributed by atoms with Crippen LogP contribution in [0.3, 0.4) is 0 Å².